The van der Waals surface area contributed by atoms with Crippen molar-refractivity contribution in [1.29, 1.82) is 5.26 Å². The number of aromatic nitrogens is 2. The molecule has 2 aliphatic rings. The van der Waals surface area contributed by atoms with Crippen LogP contribution in [0.5, 0.6) is 0 Å². The summed E-state index contributed by atoms with van der Waals surface area (Å²) < 4.78 is 0. The van der Waals surface area contributed by atoms with Gasteiger partial charge in [-0.05, 0) is 44.9 Å². The van der Waals surface area contributed by atoms with Crippen molar-refractivity contribution < 1.29 is 10.2 Å². The lowest BCUT2D eigenvalue weighted by molar-refractivity contribution is 0.126. The van der Waals surface area contributed by atoms with Crippen molar-refractivity contribution >= 4 is 11.8 Å². The Hall–Kier alpha value is -1.91. The second kappa shape index (κ2) is 8.45. The fourth-order valence-corrected chi connectivity index (χ4v) is 3.71. The molecule has 1 aromatic rings. The molecule has 0 amide bonds. The maximum atomic E-state index is 9.99. The Kier molecular flexibility index (Phi) is 6.05. The minimum atomic E-state index is -0.293. The summed E-state index contributed by atoms with van der Waals surface area (Å²) in [4.78, 5) is 8.76. The average Bonchev–Trinajstić information content (AvgIpc) is 2.81. The SMILES string of the molecule is N#Cc1cnc(NC2CCC(O)CC2)nc1NC1CCCCC(O)C1. The smallest absolute Gasteiger partial charge is 0.224 e. The molecular weight excluding hydrogens is 318 g/mol. The zero-order valence-corrected chi connectivity index (χ0v) is 14.5. The number of nitrogens with zero attached hydrogens (tertiary/aromatic N) is 3. The molecule has 0 aliphatic heterocycles. The van der Waals surface area contributed by atoms with E-state index in [4.69, 9.17) is 0 Å². The zero-order chi connectivity index (χ0) is 17.6. The standard InChI is InChI=1S/C18H27N5O2/c19-10-12-11-20-18(22-13-5-7-15(24)8-6-13)23-17(12)21-14-3-1-2-4-16(25)9-14/h11,13-16,24-25H,1-9H2,(H2,20,21,22,23). The van der Waals surface area contributed by atoms with Crippen LogP contribution in [-0.2, 0) is 0 Å². The summed E-state index contributed by atoms with van der Waals surface area (Å²) in [7, 11) is 0. The van der Waals surface area contributed by atoms with Crippen molar-refractivity contribution in [3.63, 3.8) is 0 Å². The molecule has 0 spiro atoms. The van der Waals surface area contributed by atoms with Crippen LogP contribution in [0.1, 0.15) is 63.4 Å². The molecule has 7 nitrogen and oxygen atoms in total. The summed E-state index contributed by atoms with van der Waals surface area (Å²) in [5.74, 6) is 1.05. The number of hydrogen-bond donors (Lipinski definition) is 4. The first-order valence-electron chi connectivity index (χ1n) is 9.30. The third kappa shape index (κ3) is 5.03. The fourth-order valence-electron chi connectivity index (χ4n) is 3.71. The molecule has 2 fully saturated rings. The van der Waals surface area contributed by atoms with E-state index in [1.165, 1.54) is 0 Å². The van der Waals surface area contributed by atoms with E-state index in [0.29, 0.717) is 23.8 Å². The highest BCUT2D eigenvalue weighted by Crippen LogP contribution is 2.24. The van der Waals surface area contributed by atoms with Crippen LogP contribution < -0.4 is 10.6 Å². The van der Waals surface area contributed by atoms with Gasteiger partial charge in [-0.15, -0.1) is 0 Å². The van der Waals surface area contributed by atoms with Crippen LogP contribution in [0.15, 0.2) is 6.20 Å². The van der Waals surface area contributed by atoms with Crippen molar-refractivity contribution in [3.05, 3.63) is 11.8 Å². The normalized spacial score (nSPS) is 30.1. The number of nitrogens with one attached hydrogen (secondary N) is 2. The summed E-state index contributed by atoms with van der Waals surface area (Å²) in [6.45, 7) is 0. The largest absolute Gasteiger partial charge is 0.393 e. The molecule has 1 aromatic heterocycles. The lowest BCUT2D eigenvalue weighted by Crippen LogP contribution is -2.29. The molecule has 1 heterocycles. The molecule has 0 bridgehead atoms. The van der Waals surface area contributed by atoms with Gasteiger partial charge < -0.3 is 20.8 Å². The molecule has 2 atom stereocenters. The topological polar surface area (TPSA) is 114 Å². The van der Waals surface area contributed by atoms with Crippen LogP contribution in [0.3, 0.4) is 0 Å². The Labute approximate surface area is 148 Å². The highest BCUT2D eigenvalue weighted by Gasteiger charge is 2.22. The lowest BCUT2D eigenvalue weighted by atomic mass is 9.93. The molecule has 0 aromatic carbocycles. The van der Waals surface area contributed by atoms with E-state index in [1.807, 2.05) is 0 Å². The van der Waals surface area contributed by atoms with Crippen LogP contribution in [0.2, 0.25) is 0 Å². The molecule has 136 valence electrons. The zero-order valence-electron chi connectivity index (χ0n) is 14.5. The lowest BCUT2D eigenvalue weighted by Gasteiger charge is -2.26. The molecule has 25 heavy (non-hydrogen) atoms. The number of aliphatic hydroxyl groups is 2. The predicted molar refractivity (Wildman–Crippen MR) is 95.1 cm³/mol. The highest BCUT2D eigenvalue weighted by atomic mass is 16.3. The average molecular weight is 345 g/mol. The fraction of sp³-hybridized carbons (Fsp3) is 0.722. The third-order valence-electron chi connectivity index (χ3n) is 5.18. The summed E-state index contributed by atoms with van der Waals surface area (Å²) in [5.41, 5.74) is 0.420. The minimum Gasteiger partial charge on any atom is -0.393 e. The Morgan fingerprint density at radius 1 is 0.960 bits per heavy atom. The molecule has 4 N–H and O–H groups in total. The molecule has 0 saturated heterocycles. The van der Waals surface area contributed by atoms with Gasteiger partial charge in [-0.2, -0.15) is 10.2 Å². The molecular formula is C18H27N5O2. The van der Waals surface area contributed by atoms with Gasteiger partial charge in [0.1, 0.15) is 17.5 Å². The monoisotopic (exact) mass is 345 g/mol. The molecule has 3 rings (SSSR count). The first kappa shape index (κ1) is 17.9. The predicted octanol–water partition coefficient (Wildman–Crippen LogP) is 2.17. The minimum absolute atomic E-state index is 0.122. The number of hydrogen-bond acceptors (Lipinski definition) is 7. The van der Waals surface area contributed by atoms with Crippen LogP contribution in [0.4, 0.5) is 11.8 Å². The number of rotatable bonds is 4. The van der Waals surface area contributed by atoms with Gasteiger partial charge >= 0.3 is 0 Å². The maximum Gasteiger partial charge on any atom is 0.224 e. The van der Waals surface area contributed by atoms with Gasteiger partial charge in [-0.25, -0.2) is 4.98 Å². The molecule has 2 aliphatic carbocycles. The molecule has 0 radical (unpaired) electrons. The highest BCUT2D eigenvalue weighted by molar-refractivity contribution is 5.54. The van der Waals surface area contributed by atoms with Crippen molar-refractivity contribution in [2.24, 2.45) is 0 Å². The molecule has 2 saturated carbocycles. The van der Waals surface area contributed by atoms with Gasteiger partial charge in [0, 0.05) is 12.1 Å². The van der Waals surface area contributed by atoms with Gasteiger partial charge in [0.2, 0.25) is 5.95 Å². The van der Waals surface area contributed by atoms with Crippen molar-refractivity contribution in [3.8, 4) is 6.07 Å². The van der Waals surface area contributed by atoms with Gasteiger partial charge in [-0.1, -0.05) is 12.8 Å². The maximum absolute atomic E-state index is 9.99. The summed E-state index contributed by atoms with van der Waals surface area (Å²) >= 11 is 0. The first-order valence-corrected chi connectivity index (χ1v) is 9.30. The summed E-state index contributed by atoms with van der Waals surface area (Å²) in [6.07, 6.45) is 9.01. The van der Waals surface area contributed by atoms with E-state index in [1.54, 1.807) is 6.20 Å². The quantitative estimate of drug-likeness (QED) is 0.618. The van der Waals surface area contributed by atoms with Crippen molar-refractivity contribution in [2.45, 2.75) is 82.1 Å². The van der Waals surface area contributed by atoms with E-state index in [9.17, 15) is 15.5 Å². The van der Waals surface area contributed by atoms with Gasteiger partial charge in [0.15, 0.2) is 0 Å². The van der Waals surface area contributed by atoms with Crippen LogP contribution in [-0.4, -0.2) is 44.5 Å². The first-order chi connectivity index (χ1) is 12.1. The van der Waals surface area contributed by atoms with E-state index < -0.39 is 0 Å². The second-order valence-corrected chi connectivity index (χ2v) is 7.23. The van der Waals surface area contributed by atoms with Crippen LogP contribution in [0.25, 0.3) is 0 Å². The number of nitriles is 1. The van der Waals surface area contributed by atoms with Gasteiger partial charge in [0.05, 0.1) is 18.4 Å². The second-order valence-electron chi connectivity index (χ2n) is 7.23. The van der Waals surface area contributed by atoms with E-state index in [0.717, 1.165) is 51.4 Å². The summed E-state index contributed by atoms with van der Waals surface area (Å²) in [6, 6.07) is 2.51. The molecule has 2 unspecified atom stereocenters. The van der Waals surface area contributed by atoms with E-state index in [-0.39, 0.29) is 24.3 Å². The Morgan fingerprint density at radius 3 is 2.48 bits per heavy atom. The number of aliphatic hydroxyl groups excluding tert-OH is 2. The Bertz CT molecular complexity index is 610. The number of anilines is 2. The van der Waals surface area contributed by atoms with E-state index >= 15 is 0 Å². The van der Waals surface area contributed by atoms with Crippen LogP contribution >= 0.6 is 0 Å². The van der Waals surface area contributed by atoms with Gasteiger partial charge in [-0.3, -0.25) is 0 Å². The van der Waals surface area contributed by atoms with Crippen molar-refractivity contribution in [1.82, 2.24) is 9.97 Å². The Balaban J connectivity index is 1.68. The van der Waals surface area contributed by atoms with E-state index in [2.05, 4.69) is 26.7 Å². The van der Waals surface area contributed by atoms with Crippen molar-refractivity contribution in [2.75, 3.05) is 10.6 Å². The van der Waals surface area contributed by atoms with Gasteiger partial charge in [0.25, 0.3) is 0 Å². The summed E-state index contributed by atoms with van der Waals surface area (Å²) in [5, 5.41) is 35.6. The van der Waals surface area contributed by atoms with Crippen LogP contribution in [0, 0.1) is 11.3 Å². The Morgan fingerprint density at radius 2 is 1.72 bits per heavy atom. The molecule has 7 heteroatoms. The third-order valence-corrected chi connectivity index (χ3v) is 5.18.